The highest BCUT2D eigenvalue weighted by molar-refractivity contribution is 6.33. The van der Waals surface area contributed by atoms with E-state index in [1.165, 1.54) is 19.2 Å². The molecule has 2 aromatic carbocycles. The average molecular weight is 385 g/mol. The van der Waals surface area contributed by atoms with Crippen LogP contribution in [0.25, 0.3) is 0 Å². The van der Waals surface area contributed by atoms with Crippen molar-refractivity contribution in [2.24, 2.45) is 0 Å². The Labute approximate surface area is 158 Å². The molecule has 25 heavy (non-hydrogen) atoms. The van der Waals surface area contributed by atoms with Gasteiger partial charge in [-0.3, -0.25) is 4.79 Å². The minimum absolute atomic E-state index is 0. The van der Waals surface area contributed by atoms with Crippen LogP contribution in [-0.2, 0) is 5.41 Å². The minimum Gasteiger partial charge on any atom is -0.506 e. The number of phenols is 1. The summed E-state index contributed by atoms with van der Waals surface area (Å²) in [5.41, 5.74) is 7.47. The van der Waals surface area contributed by atoms with Crippen molar-refractivity contribution in [1.82, 2.24) is 0 Å². The maximum absolute atomic E-state index is 12.6. The van der Waals surface area contributed by atoms with Gasteiger partial charge in [-0.2, -0.15) is 0 Å². The summed E-state index contributed by atoms with van der Waals surface area (Å²) >= 11 is 6.00. The number of anilines is 2. The van der Waals surface area contributed by atoms with E-state index in [0.717, 1.165) is 5.56 Å². The fourth-order valence-corrected chi connectivity index (χ4v) is 2.37. The van der Waals surface area contributed by atoms with Gasteiger partial charge in [0.1, 0.15) is 11.5 Å². The number of halogens is 2. The zero-order valence-electron chi connectivity index (χ0n) is 14.5. The summed E-state index contributed by atoms with van der Waals surface area (Å²) in [4.78, 5) is 12.6. The number of hydrogen-bond donors (Lipinski definition) is 3. The predicted molar refractivity (Wildman–Crippen MR) is 104 cm³/mol. The quantitative estimate of drug-likeness (QED) is 0.532. The number of carbonyl (C=O) groups excluding carboxylic acids is 1. The van der Waals surface area contributed by atoms with Crippen LogP contribution in [0, 0.1) is 0 Å². The molecule has 7 heteroatoms. The van der Waals surface area contributed by atoms with E-state index in [-0.39, 0.29) is 34.2 Å². The molecule has 2 rings (SSSR count). The number of nitrogen functional groups attached to an aromatic ring is 1. The molecule has 0 fully saturated rings. The van der Waals surface area contributed by atoms with Gasteiger partial charge in [-0.25, -0.2) is 0 Å². The second-order valence-electron chi connectivity index (χ2n) is 6.51. The first kappa shape index (κ1) is 20.9. The normalized spacial score (nSPS) is 10.8. The molecule has 0 saturated heterocycles. The summed E-state index contributed by atoms with van der Waals surface area (Å²) in [6.45, 7) is 6.15. The van der Waals surface area contributed by atoms with Crippen LogP contribution in [0.15, 0.2) is 30.3 Å². The van der Waals surface area contributed by atoms with Gasteiger partial charge in [0.05, 0.1) is 29.1 Å². The van der Waals surface area contributed by atoms with Crippen molar-refractivity contribution in [2.75, 3.05) is 18.2 Å². The van der Waals surface area contributed by atoms with Crippen LogP contribution >= 0.6 is 24.0 Å². The van der Waals surface area contributed by atoms with E-state index in [9.17, 15) is 9.90 Å². The van der Waals surface area contributed by atoms with Crippen molar-refractivity contribution >= 4 is 41.3 Å². The highest BCUT2D eigenvalue weighted by Gasteiger charge is 2.19. The third kappa shape index (κ3) is 4.71. The van der Waals surface area contributed by atoms with Crippen LogP contribution in [0.3, 0.4) is 0 Å². The Morgan fingerprint density at radius 1 is 1.24 bits per heavy atom. The summed E-state index contributed by atoms with van der Waals surface area (Å²) in [5.74, 6) is -0.159. The Morgan fingerprint density at radius 3 is 2.44 bits per heavy atom. The maximum atomic E-state index is 12.6. The SMILES string of the molecule is COc1cc(N)c(Cl)cc1C(=O)Nc1cc(C(C)(C)C)ccc1O.Cl. The molecule has 0 aliphatic heterocycles. The molecule has 0 bridgehead atoms. The molecule has 0 spiro atoms. The van der Waals surface area contributed by atoms with Crippen molar-refractivity contribution in [3.05, 3.63) is 46.5 Å². The number of phenolic OH excluding ortho intramolecular Hbond substituents is 1. The van der Waals surface area contributed by atoms with E-state index in [4.69, 9.17) is 22.1 Å². The van der Waals surface area contributed by atoms with E-state index in [1.54, 1.807) is 12.1 Å². The van der Waals surface area contributed by atoms with Crippen molar-refractivity contribution in [2.45, 2.75) is 26.2 Å². The number of carbonyl (C=O) groups is 1. The number of rotatable bonds is 3. The van der Waals surface area contributed by atoms with E-state index in [2.05, 4.69) is 5.32 Å². The molecule has 0 heterocycles. The third-order valence-corrected chi connectivity index (χ3v) is 4.00. The molecule has 136 valence electrons. The van der Waals surface area contributed by atoms with Crippen LogP contribution in [0.1, 0.15) is 36.7 Å². The topological polar surface area (TPSA) is 84.6 Å². The molecule has 0 aliphatic carbocycles. The molecule has 0 unspecified atom stereocenters. The van der Waals surface area contributed by atoms with E-state index in [1.807, 2.05) is 26.8 Å². The number of ether oxygens (including phenoxy) is 1. The van der Waals surface area contributed by atoms with Crippen molar-refractivity contribution < 1.29 is 14.6 Å². The molecule has 0 atom stereocenters. The van der Waals surface area contributed by atoms with E-state index >= 15 is 0 Å². The maximum Gasteiger partial charge on any atom is 0.259 e. The number of hydrogen-bond acceptors (Lipinski definition) is 4. The zero-order chi connectivity index (χ0) is 18.1. The van der Waals surface area contributed by atoms with Gasteiger partial charge < -0.3 is 20.9 Å². The van der Waals surface area contributed by atoms with Crippen molar-refractivity contribution in [3.63, 3.8) is 0 Å². The lowest BCUT2D eigenvalue weighted by atomic mass is 9.87. The molecule has 2 aromatic rings. The lowest BCUT2D eigenvalue weighted by Crippen LogP contribution is -2.16. The van der Waals surface area contributed by atoms with Gasteiger partial charge in [0.2, 0.25) is 0 Å². The molecule has 0 saturated carbocycles. The number of benzene rings is 2. The Hall–Kier alpha value is -2.11. The highest BCUT2D eigenvalue weighted by Crippen LogP contribution is 2.33. The Bertz CT molecular complexity index is 787. The Morgan fingerprint density at radius 2 is 1.88 bits per heavy atom. The van der Waals surface area contributed by atoms with Gasteiger partial charge in [-0.05, 0) is 29.2 Å². The average Bonchev–Trinajstić information content (AvgIpc) is 2.50. The number of aromatic hydroxyl groups is 1. The molecule has 0 aliphatic rings. The van der Waals surface area contributed by atoms with Gasteiger partial charge in [-0.15, -0.1) is 12.4 Å². The van der Waals surface area contributed by atoms with Gasteiger partial charge in [-0.1, -0.05) is 38.4 Å². The fraction of sp³-hybridized carbons (Fsp3) is 0.278. The monoisotopic (exact) mass is 384 g/mol. The van der Waals surface area contributed by atoms with Crippen LogP contribution in [0.2, 0.25) is 5.02 Å². The summed E-state index contributed by atoms with van der Waals surface area (Å²) in [5, 5.41) is 13.0. The Balaban J connectivity index is 0.00000312. The number of nitrogens with one attached hydrogen (secondary N) is 1. The first-order chi connectivity index (χ1) is 11.1. The van der Waals surface area contributed by atoms with Gasteiger partial charge in [0.25, 0.3) is 5.91 Å². The number of amides is 1. The fourth-order valence-electron chi connectivity index (χ4n) is 2.21. The van der Waals surface area contributed by atoms with Crippen molar-refractivity contribution in [3.8, 4) is 11.5 Å². The lowest BCUT2D eigenvalue weighted by molar-refractivity contribution is 0.102. The summed E-state index contributed by atoms with van der Waals surface area (Å²) in [6.07, 6.45) is 0. The second kappa shape index (κ2) is 7.85. The van der Waals surface area contributed by atoms with Crippen LogP contribution in [-0.4, -0.2) is 18.1 Å². The second-order valence-corrected chi connectivity index (χ2v) is 6.92. The standard InChI is InChI=1S/C18H21ClN2O3.ClH/c1-18(2,3)10-5-6-15(22)14(7-10)21-17(23)11-8-12(19)13(20)9-16(11)24-4;/h5-9,22H,20H2,1-4H3,(H,21,23);1H. The molecule has 4 N–H and O–H groups in total. The summed E-state index contributed by atoms with van der Waals surface area (Å²) in [7, 11) is 1.44. The zero-order valence-corrected chi connectivity index (χ0v) is 16.1. The minimum atomic E-state index is -0.449. The van der Waals surface area contributed by atoms with Gasteiger partial charge in [0.15, 0.2) is 0 Å². The first-order valence-electron chi connectivity index (χ1n) is 7.41. The molecule has 5 nitrogen and oxygen atoms in total. The van der Waals surface area contributed by atoms with Crippen LogP contribution in [0.5, 0.6) is 11.5 Å². The Kier molecular flexibility index (Phi) is 6.57. The van der Waals surface area contributed by atoms with Crippen molar-refractivity contribution in [1.29, 1.82) is 0 Å². The first-order valence-corrected chi connectivity index (χ1v) is 7.79. The van der Waals surface area contributed by atoms with E-state index in [0.29, 0.717) is 17.1 Å². The number of nitrogens with two attached hydrogens (primary N) is 1. The smallest absolute Gasteiger partial charge is 0.259 e. The highest BCUT2D eigenvalue weighted by atomic mass is 35.5. The molecular weight excluding hydrogens is 363 g/mol. The molecule has 1 amide bonds. The van der Waals surface area contributed by atoms with Crippen LogP contribution < -0.4 is 15.8 Å². The van der Waals surface area contributed by atoms with Gasteiger partial charge >= 0.3 is 0 Å². The van der Waals surface area contributed by atoms with E-state index < -0.39 is 5.91 Å². The predicted octanol–water partition coefficient (Wildman–Crippen LogP) is 4.61. The molecular formula is C18H22Cl2N2O3. The summed E-state index contributed by atoms with van der Waals surface area (Å²) in [6, 6.07) is 8.06. The molecule has 0 radical (unpaired) electrons. The van der Waals surface area contributed by atoms with Gasteiger partial charge in [0, 0.05) is 6.07 Å². The molecule has 0 aromatic heterocycles. The lowest BCUT2D eigenvalue weighted by Gasteiger charge is -2.20. The largest absolute Gasteiger partial charge is 0.506 e. The third-order valence-electron chi connectivity index (χ3n) is 3.67. The van der Waals surface area contributed by atoms with Crippen LogP contribution in [0.4, 0.5) is 11.4 Å². The summed E-state index contributed by atoms with van der Waals surface area (Å²) < 4.78 is 5.19. The number of methoxy groups -OCH3 is 1.